The predicted octanol–water partition coefficient (Wildman–Crippen LogP) is 2.05. The molecule has 1 fully saturated rings. The fourth-order valence-corrected chi connectivity index (χ4v) is 1.61. The summed E-state index contributed by atoms with van der Waals surface area (Å²) >= 11 is 1.73. The molecular weight excluding hydrogens is 172 g/mol. The maximum Gasteiger partial charge on any atom is 0.112 e. The molecule has 0 aromatic carbocycles. The Bertz CT molecular complexity index is 239. The molecule has 0 aliphatic carbocycles. The second-order valence-corrected chi connectivity index (χ2v) is 4.34. The zero-order valence-corrected chi connectivity index (χ0v) is 7.89. The van der Waals surface area contributed by atoms with E-state index in [4.69, 9.17) is 9.47 Å². The summed E-state index contributed by atoms with van der Waals surface area (Å²) in [4.78, 5) is 1.28. The van der Waals surface area contributed by atoms with Crippen LogP contribution in [0.15, 0.2) is 17.5 Å². The highest BCUT2D eigenvalue weighted by atomic mass is 32.1. The Balaban J connectivity index is 1.69. The Labute approximate surface area is 76.1 Å². The van der Waals surface area contributed by atoms with Gasteiger partial charge in [0, 0.05) is 4.88 Å². The Morgan fingerprint density at radius 2 is 2.58 bits per heavy atom. The van der Waals surface area contributed by atoms with Crippen LogP contribution < -0.4 is 0 Å². The summed E-state index contributed by atoms with van der Waals surface area (Å²) < 4.78 is 10.7. The average Bonchev–Trinajstić information content (AvgIpc) is 2.61. The van der Waals surface area contributed by atoms with Crippen molar-refractivity contribution >= 4 is 11.3 Å². The van der Waals surface area contributed by atoms with Gasteiger partial charge in [0.15, 0.2) is 0 Å². The van der Waals surface area contributed by atoms with E-state index >= 15 is 0 Å². The van der Waals surface area contributed by atoms with E-state index in [-0.39, 0.29) is 5.60 Å². The molecule has 1 aromatic heterocycles. The third kappa shape index (κ3) is 2.06. The van der Waals surface area contributed by atoms with Crippen LogP contribution in [0.4, 0.5) is 0 Å². The van der Waals surface area contributed by atoms with E-state index in [1.807, 2.05) is 6.07 Å². The van der Waals surface area contributed by atoms with Crippen LogP contribution in [0, 0.1) is 0 Å². The van der Waals surface area contributed by atoms with E-state index in [0.717, 1.165) is 13.2 Å². The molecule has 1 atom stereocenters. The van der Waals surface area contributed by atoms with Crippen molar-refractivity contribution in [3.63, 3.8) is 0 Å². The molecule has 3 heteroatoms. The van der Waals surface area contributed by atoms with E-state index in [1.54, 1.807) is 11.3 Å². The van der Waals surface area contributed by atoms with Crippen LogP contribution in [-0.4, -0.2) is 18.8 Å². The van der Waals surface area contributed by atoms with Crippen LogP contribution in [0.25, 0.3) is 0 Å². The molecule has 0 N–H and O–H groups in total. The molecule has 0 spiro atoms. The van der Waals surface area contributed by atoms with Gasteiger partial charge in [-0.15, -0.1) is 11.3 Å². The van der Waals surface area contributed by atoms with E-state index < -0.39 is 0 Å². The summed E-state index contributed by atoms with van der Waals surface area (Å²) in [6, 6.07) is 4.12. The van der Waals surface area contributed by atoms with Crippen molar-refractivity contribution in [3.05, 3.63) is 22.4 Å². The van der Waals surface area contributed by atoms with Crippen molar-refractivity contribution < 1.29 is 9.47 Å². The van der Waals surface area contributed by atoms with Gasteiger partial charge in [-0.05, 0) is 18.4 Å². The van der Waals surface area contributed by atoms with Gasteiger partial charge in [0.1, 0.15) is 5.60 Å². The van der Waals surface area contributed by atoms with E-state index in [2.05, 4.69) is 18.4 Å². The zero-order valence-electron chi connectivity index (χ0n) is 7.08. The summed E-state index contributed by atoms with van der Waals surface area (Å²) in [6.07, 6.45) is 0. The molecule has 0 bridgehead atoms. The van der Waals surface area contributed by atoms with Crippen LogP contribution in [-0.2, 0) is 16.1 Å². The van der Waals surface area contributed by atoms with Crippen LogP contribution in [0.3, 0.4) is 0 Å². The van der Waals surface area contributed by atoms with Crippen molar-refractivity contribution in [1.82, 2.24) is 0 Å². The number of epoxide rings is 1. The minimum Gasteiger partial charge on any atom is -0.373 e. The molecule has 0 saturated carbocycles. The first kappa shape index (κ1) is 8.23. The largest absolute Gasteiger partial charge is 0.373 e. The summed E-state index contributed by atoms with van der Waals surface area (Å²) in [6.45, 7) is 4.35. The van der Waals surface area contributed by atoms with Gasteiger partial charge < -0.3 is 9.47 Å². The van der Waals surface area contributed by atoms with Gasteiger partial charge in [0.05, 0.1) is 19.8 Å². The van der Waals surface area contributed by atoms with Gasteiger partial charge >= 0.3 is 0 Å². The maximum absolute atomic E-state index is 5.49. The highest BCUT2D eigenvalue weighted by Crippen LogP contribution is 2.26. The molecule has 0 amide bonds. The molecule has 1 unspecified atom stereocenters. The lowest BCUT2D eigenvalue weighted by atomic mass is 10.2. The fraction of sp³-hybridized carbons (Fsp3) is 0.556. The van der Waals surface area contributed by atoms with Crippen molar-refractivity contribution in [3.8, 4) is 0 Å². The number of thiophene rings is 1. The maximum atomic E-state index is 5.49. The lowest BCUT2D eigenvalue weighted by Crippen LogP contribution is -2.13. The lowest BCUT2D eigenvalue weighted by Gasteiger charge is -2.04. The highest BCUT2D eigenvalue weighted by Gasteiger charge is 2.39. The molecule has 12 heavy (non-hydrogen) atoms. The highest BCUT2D eigenvalue weighted by molar-refractivity contribution is 7.09. The Morgan fingerprint density at radius 1 is 1.75 bits per heavy atom. The average molecular weight is 184 g/mol. The van der Waals surface area contributed by atoms with Crippen LogP contribution in [0.2, 0.25) is 0 Å². The first-order valence-corrected chi connectivity index (χ1v) is 4.91. The van der Waals surface area contributed by atoms with Gasteiger partial charge in [0.2, 0.25) is 0 Å². The standard InChI is InChI=1S/C9H12O2S/c1-9(7-11-9)6-10-5-8-3-2-4-12-8/h2-4H,5-7H2,1H3. The quantitative estimate of drug-likeness (QED) is 0.668. The second kappa shape index (κ2) is 3.17. The number of rotatable bonds is 4. The van der Waals surface area contributed by atoms with E-state index in [1.165, 1.54) is 4.88 Å². The summed E-state index contributed by atoms with van der Waals surface area (Å²) in [5.41, 5.74) is 0.0251. The van der Waals surface area contributed by atoms with Gasteiger partial charge in [-0.25, -0.2) is 0 Å². The predicted molar refractivity (Wildman–Crippen MR) is 48.3 cm³/mol. The van der Waals surface area contributed by atoms with Crippen LogP contribution in [0.1, 0.15) is 11.8 Å². The van der Waals surface area contributed by atoms with Gasteiger partial charge in [-0.1, -0.05) is 6.07 Å². The molecule has 1 saturated heterocycles. The summed E-state index contributed by atoms with van der Waals surface area (Å²) in [5.74, 6) is 0. The third-order valence-corrected chi connectivity index (χ3v) is 2.72. The topological polar surface area (TPSA) is 21.8 Å². The lowest BCUT2D eigenvalue weighted by molar-refractivity contribution is 0.0758. The fourth-order valence-electron chi connectivity index (χ4n) is 0.969. The molecule has 66 valence electrons. The van der Waals surface area contributed by atoms with E-state index in [0.29, 0.717) is 6.61 Å². The minimum atomic E-state index is 0.0251. The van der Waals surface area contributed by atoms with Crippen LogP contribution >= 0.6 is 11.3 Å². The SMILES string of the molecule is CC1(COCc2cccs2)CO1. The van der Waals surface area contributed by atoms with Crippen molar-refractivity contribution in [2.24, 2.45) is 0 Å². The molecule has 2 rings (SSSR count). The smallest absolute Gasteiger partial charge is 0.112 e. The first-order chi connectivity index (χ1) is 5.79. The Hall–Kier alpha value is -0.380. The van der Waals surface area contributed by atoms with Crippen LogP contribution in [0.5, 0.6) is 0 Å². The minimum absolute atomic E-state index is 0.0251. The summed E-state index contributed by atoms with van der Waals surface area (Å²) in [7, 11) is 0. The third-order valence-electron chi connectivity index (χ3n) is 1.87. The molecule has 2 heterocycles. The van der Waals surface area contributed by atoms with Crippen molar-refractivity contribution in [1.29, 1.82) is 0 Å². The normalized spacial score (nSPS) is 27.4. The van der Waals surface area contributed by atoms with Gasteiger partial charge in [0.25, 0.3) is 0 Å². The number of ether oxygens (including phenoxy) is 2. The molecular formula is C9H12O2S. The van der Waals surface area contributed by atoms with E-state index in [9.17, 15) is 0 Å². The number of hydrogen-bond acceptors (Lipinski definition) is 3. The van der Waals surface area contributed by atoms with Crippen molar-refractivity contribution in [2.75, 3.05) is 13.2 Å². The van der Waals surface area contributed by atoms with Crippen molar-refractivity contribution in [2.45, 2.75) is 19.1 Å². The second-order valence-electron chi connectivity index (χ2n) is 3.31. The molecule has 1 aliphatic rings. The molecule has 1 aromatic rings. The molecule has 1 aliphatic heterocycles. The first-order valence-electron chi connectivity index (χ1n) is 4.03. The zero-order chi connectivity index (χ0) is 8.44. The monoisotopic (exact) mass is 184 g/mol. The van der Waals surface area contributed by atoms with Gasteiger partial charge in [-0.2, -0.15) is 0 Å². The number of hydrogen-bond donors (Lipinski definition) is 0. The molecule has 2 nitrogen and oxygen atoms in total. The van der Waals surface area contributed by atoms with Gasteiger partial charge in [-0.3, -0.25) is 0 Å². The molecule has 0 radical (unpaired) electrons. The Morgan fingerprint density at radius 3 is 3.17 bits per heavy atom. The summed E-state index contributed by atoms with van der Waals surface area (Å²) in [5, 5.41) is 2.06. The Kier molecular flexibility index (Phi) is 2.17.